The van der Waals surface area contributed by atoms with Crippen LogP contribution in [0.15, 0.2) is 51.7 Å². The summed E-state index contributed by atoms with van der Waals surface area (Å²) in [5.41, 5.74) is 1.20. The summed E-state index contributed by atoms with van der Waals surface area (Å²) in [6.45, 7) is 3.53. The third-order valence-corrected chi connectivity index (χ3v) is 3.99. The fourth-order valence-corrected chi connectivity index (χ4v) is 2.74. The van der Waals surface area contributed by atoms with Crippen LogP contribution < -0.4 is 10.3 Å². The molecular formula is C18H17BrN2O3. The van der Waals surface area contributed by atoms with E-state index in [0.717, 1.165) is 10.0 Å². The summed E-state index contributed by atoms with van der Waals surface area (Å²) < 4.78 is 12.0. The number of benzene rings is 2. The van der Waals surface area contributed by atoms with Gasteiger partial charge in [-0.25, -0.2) is 4.98 Å². The van der Waals surface area contributed by atoms with Crippen molar-refractivity contribution in [2.75, 3.05) is 19.8 Å². The molecule has 0 aliphatic heterocycles. The smallest absolute Gasteiger partial charge is 0.259 e. The van der Waals surface area contributed by atoms with Crippen molar-refractivity contribution in [2.24, 2.45) is 0 Å². The van der Waals surface area contributed by atoms with Gasteiger partial charge in [-0.2, -0.15) is 0 Å². The first-order valence-electron chi connectivity index (χ1n) is 7.68. The van der Waals surface area contributed by atoms with Crippen molar-refractivity contribution in [3.8, 4) is 17.1 Å². The molecule has 5 nitrogen and oxygen atoms in total. The Balaban J connectivity index is 2.01. The molecule has 0 radical (unpaired) electrons. The van der Waals surface area contributed by atoms with Gasteiger partial charge < -0.3 is 14.5 Å². The number of hydrogen-bond donors (Lipinski definition) is 1. The monoisotopic (exact) mass is 388 g/mol. The lowest BCUT2D eigenvalue weighted by molar-refractivity contribution is 0.110. The van der Waals surface area contributed by atoms with Gasteiger partial charge in [-0.05, 0) is 37.3 Å². The van der Waals surface area contributed by atoms with Gasteiger partial charge in [0.15, 0.2) is 0 Å². The Morgan fingerprint density at radius 1 is 1.17 bits per heavy atom. The third-order valence-electron chi connectivity index (χ3n) is 3.50. The Bertz CT molecular complexity index is 908. The molecule has 0 saturated carbocycles. The highest BCUT2D eigenvalue weighted by atomic mass is 79.9. The SMILES string of the molecule is CCOCCOc1ccc(Br)cc1-c1nc2ccccc2c(=O)[nH]1. The van der Waals surface area contributed by atoms with Crippen molar-refractivity contribution in [1.82, 2.24) is 9.97 Å². The van der Waals surface area contributed by atoms with Gasteiger partial charge >= 0.3 is 0 Å². The van der Waals surface area contributed by atoms with Crippen LogP contribution in [-0.2, 0) is 4.74 Å². The standard InChI is InChI=1S/C18H17BrN2O3/c1-2-23-9-10-24-16-8-7-12(19)11-14(16)17-20-15-6-4-3-5-13(15)18(22)21-17/h3-8,11H,2,9-10H2,1H3,(H,20,21,22). The molecule has 3 aromatic rings. The highest BCUT2D eigenvalue weighted by Gasteiger charge is 2.12. The lowest BCUT2D eigenvalue weighted by atomic mass is 10.1. The van der Waals surface area contributed by atoms with E-state index in [4.69, 9.17) is 9.47 Å². The van der Waals surface area contributed by atoms with Crippen LogP contribution in [0.2, 0.25) is 0 Å². The van der Waals surface area contributed by atoms with Crippen molar-refractivity contribution in [1.29, 1.82) is 0 Å². The molecular weight excluding hydrogens is 372 g/mol. The number of rotatable bonds is 6. The quantitative estimate of drug-likeness (QED) is 0.652. The number of ether oxygens (including phenoxy) is 2. The zero-order valence-corrected chi connectivity index (χ0v) is 14.8. The molecule has 0 spiro atoms. The van der Waals surface area contributed by atoms with Gasteiger partial charge in [-0.3, -0.25) is 4.79 Å². The molecule has 0 fully saturated rings. The minimum atomic E-state index is -0.171. The number of aromatic nitrogens is 2. The van der Waals surface area contributed by atoms with E-state index in [2.05, 4.69) is 25.9 Å². The molecule has 24 heavy (non-hydrogen) atoms. The van der Waals surface area contributed by atoms with Crippen LogP contribution in [0.1, 0.15) is 6.92 Å². The molecule has 0 bridgehead atoms. The fourth-order valence-electron chi connectivity index (χ4n) is 2.38. The number of nitrogens with zero attached hydrogens (tertiary/aromatic N) is 1. The summed E-state index contributed by atoms with van der Waals surface area (Å²) in [5, 5.41) is 0.565. The maximum Gasteiger partial charge on any atom is 0.259 e. The van der Waals surface area contributed by atoms with E-state index >= 15 is 0 Å². The van der Waals surface area contributed by atoms with Crippen LogP contribution in [0.5, 0.6) is 5.75 Å². The van der Waals surface area contributed by atoms with E-state index in [-0.39, 0.29) is 5.56 Å². The highest BCUT2D eigenvalue weighted by molar-refractivity contribution is 9.10. The van der Waals surface area contributed by atoms with Crippen molar-refractivity contribution >= 4 is 26.8 Å². The molecule has 0 atom stereocenters. The van der Waals surface area contributed by atoms with Crippen LogP contribution in [0.4, 0.5) is 0 Å². The van der Waals surface area contributed by atoms with Gasteiger partial charge in [0, 0.05) is 11.1 Å². The molecule has 0 saturated heterocycles. The van der Waals surface area contributed by atoms with Crippen LogP contribution in [-0.4, -0.2) is 29.8 Å². The molecule has 1 heterocycles. The number of aromatic amines is 1. The summed E-state index contributed by atoms with van der Waals surface area (Å²) in [7, 11) is 0. The topological polar surface area (TPSA) is 64.2 Å². The van der Waals surface area contributed by atoms with E-state index in [9.17, 15) is 4.79 Å². The number of halogens is 1. The second kappa shape index (κ2) is 7.59. The van der Waals surface area contributed by atoms with Gasteiger partial charge in [0.1, 0.15) is 18.2 Å². The highest BCUT2D eigenvalue weighted by Crippen LogP contribution is 2.30. The molecule has 1 aromatic heterocycles. The second-order valence-corrected chi connectivity index (χ2v) is 6.03. The predicted octanol–water partition coefficient (Wildman–Crippen LogP) is 3.77. The summed E-state index contributed by atoms with van der Waals surface area (Å²) in [6.07, 6.45) is 0. The summed E-state index contributed by atoms with van der Waals surface area (Å²) in [5.74, 6) is 1.13. The maximum atomic E-state index is 12.3. The number of hydrogen-bond acceptors (Lipinski definition) is 4. The van der Waals surface area contributed by atoms with Crippen LogP contribution in [0.25, 0.3) is 22.3 Å². The lowest BCUT2D eigenvalue weighted by Gasteiger charge is -2.12. The van der Waals surface area contributed by atoms with Crippen molar-refractivity contribution < 1.29 is 9.47 Å². The zero-order chi connectivity index (χ0) is 16.9. The molecule has 6 heteroatoms. The Morgan fingerprint density at radius 2 is 2.00 bits per heavy atom. The summed E-state index contributed by atoms with van der Waals surface area (Å²) in [6, 6.07) is 12.9. The average molecular weight is 389 g/mol. The van der Waals surface area contributed by atoms with Gasteiger partial charge in [-0.1, -0.05) is 28.1 Å². The van der Waals surface area contributed by atoms with Crippen LogP contribution in [0, 0.1) is 0 Å². The lowest BCUT2D eigenvalue weighted by Crippen LogP contribution is -2.11. The molecule has 3 rings (SSSR count). The first-order chi connectivity index (χ1) is 11.7. The van der Waals surface area contributed by atoms with Gasteiger partial charge in [-0.15, -0.1) is 0 Å². The van der Waals surface area contributed by atoms with Crippen molar-refractivity contribution in [3.05, 3.63) is 57.3 Å². The van der Waals surface area contributed by atoms with E-state index < -0.39 is 0 Å². The Hall–Kier alpha value is -2.18. The number of fused-ring (bicyclic) bond motifs is 1. The van der Waals surface area contributed by atoms with E-state index in [1.807, 2.05) is 43.3 Å². The molecule has 0 unspecified atom stereocenters. The van der Waals surface area contributed by atoms with E-state index in [0.29, 0.717) is 42.3 Å². The Kier molecular flexibility index (Phi) is 5.27. The predicted molar refractivity (Wildman–Crippen MR) is 97.5 cm³/mol. The van der Waals surface area contributed by atoms with Crippen LogP contribution >= 0.6 is 15.9 Å². The number of nitrogens with one attached hydrogen (secondary N) is 1. The minimum Gasteiger partial charge on any atom is -0.490 e. The Labute approximate surface area is 147 Å². The first kappa shape index (κ1) is 16.7. The molecule has 0 aliphatic carbocycles. The van der Waals surface area contributed by atoms with Crippen LogP contribution in [0.3, 0.4) is 0 Å². The maximum absolute atomic E-state index is 12.3. The minimum absolute atomic E-state index is 0.171. The molecule has 0 amide bonds. The summed E-state index contributed by atoms with van der Waals surface area (Å²) >= 11 is 3.45. The summed E-state index contributed by atoms with van der Waals surface area (Å²) in [4.78, 5) is 19.7. The normalized spacial score (nSPS) is 10.9. The van der Waals surface area contributed by atoms with Crippen molar-refractivity contribution in [3.63, 3.8) is 0 Å². The van der Waals surface area contributed by atoms with Crippen molar-refractivity contribution in [2.45, 2.75) is 6.92 Å². The molecule has 2 aromatic carbocycles. The number of H-pyrrole nitrogens is 1. The van der Waals surface area contributed by atoms with Gasteiger partial charge in [0.2, 0.25) is 0 Å². The average Bonchev–Trinajstić information content (AvgIpc) is 2.59. The van der Waals surface area contributed by atoms with Gasteiger partial charge in [0.05, 0.1) is 23.1 Å². The molecule has 0 aliphatic rings. The third kappa shape index (κ3) is 3.66. The fraction of sp³-hybridized carbons (Fsp3) is 0.222. The first-order valence-corrected chi connectivity index (χ1v) is 8.48. The molecule has 1 N–H and O–H groups in total. The van der Waals surface area contributed by atoms with E-state index in [1.165, 1.54) is 0 Å². The Morgan fingerprint density at radius 3 is 2.83 bits per heavy atom. The molecule has 124 valence electrons. The number of para-hydroxylation sites is 1. The van der Waals surface area contributed by atoms with Gasteiger partial charge in [0.25, 0.3) is 5.56 Å². The van der Waals surface area contributed by atoms with E-state index in [1.54, 1.807) is 6.07 Å². The second-order valence-electron chi connectivity index (χ2n) is 5.12. The largest absolute Gasteiger partial charge is 0.490 e. The zero-order valence-electron chi connectivity index (χ0n) is 13.2.